The lowest BCUT2D eigenvalue weighted by atomic mass is 9.78. The van der Waals surface area contributed by atoms with Gasteiger partial charge < -0.3 is 28.5 Å². The molecule has 0 saturated heterocycles. The zero-order valence-electron chi connectivity index (χ0n) is 45.6. The molecule has 0 saturated carbocycles. The van der Waals surface area contributed by atoms with Crippen molar-refractivity contribution in [2.24, 2.45) is 0 Å². The molecule has 86 heavy (non-hydrogen) atoms. The van der Waals surface area contributed by atoms with Gasteiger partial charge in [0.15, 0.2) is 0 Å². The molecule has 0 amide bonds. The van der Waals surface area contributed by atoms with Crippen molar-refractivity contribution in [3.05, 3.63) is 252 Å². The fourth-order valence-electron chi connectivity index (χ4n) is 12.7. The lowest BCUT2D eigenvalue weighted by molar-refractivity contribution is -0.916. The quantitative estimate of drug-likeness (QED) is 0.0884. The number of alkyl halides is 12. The Morgan fingerprint density at radius 1 is 0.267 bits per heavy atom. The maximum absolute atomic E-state index is 14.3. The molecule has 0 N–H and O–H groups in total. The Kier molecular flexibility index (Phi) is 14.3. The van der Waals surface area contributed by atoms with Gasteiger partial charge in [0.1, 0.15) is 13.1 Å². The number of hydrogen-bond acceptors (Lipinski definition) is 0. The zero-order chi connectivity index (χ0) is 59.5. The Morgan fingerprint density at radius 3 is 0.814 bits per heavy atom. The summed E-state index contributed by atoms with van der Waals surface area (Å²) in [4.78, 5) is 0. The van der Waals surface area contributed by atoms with E-state index in [4.69, 9.17) is 0 Å². The number of rotatable bonds is 6. The molecular weight excluding hydrogens is 1230 g/mol. The number of benzene rings is 12. The minimum Gasteiger partial charge on any atom is -1.00 e. The van der Waals surface area contributed by atoms with Crippen molar-refractivity contribution in [2.75, 3.05) is 14.1 Å². The molecule has 0 atom stereocenters. The highest BCUT2D eigenvalue weighted by atomic mass is 127. The molecule has 430 valence electrons. The van der Waals surface area contributed by atoms with E-state index in [0.29, 0.717) is 94.8 Å². The van der Waals surface area contributed by atoms with Gasteiger partial charge in [-0.1, -0.05) is 146 Å². The third-order valence-corrected chi connectivity index (χ3v) is 16.5. The molecule has 0 radical (unpaired) electrons. The van der Waals surface area contributed by atoms with E-state index >= 15 is 0 Å². The van der Waals surface area contributed by atoms with Gasteiger partial charge in [-0.05, 0) is 183 Å². The number of fused-ring (bicyclic) bond motifs is 9. The van der Waals surface area contributed by atoms with E-state index in [1.54, 1.807) is 0 Å². The lowest BCUT2D eigenvalue weighted by Gasteiger charge is -2.31. The average molecular weight is 1280 g/mol. The van der Waals surface area contributed by atoms with Gasteiger partial charge in [0.25, 0.3) is 0 Å². The van der Waals surface area contributed by atoms with Gasteiger partial charge in [0.2, 0.25) is 0 Å². The van der Waals surface area contributed by atoms with Gasteiger partial charge in [0.05, 0.1) is 36.3 Å². The van der Waals surface area contributed by atoms with Gasteiger partial charge in [-0.3, -0.25) is 0 Å². The third-order valence-electron chi connectivity index (χ3n) is 16.5. The molecule has 0 aromatic heterocycles. The second kappa shape index (κ2) is 21.2. The monoisotopic (exact) mass is 1280 g/mol. The number of nitrogens with zero attached hydrogens (tertiary/aromatic N) is 1. The minimum atomic E-state index is -4.65. The fourth-order valence-corrected chi connectivity index (χ4v) is 12.7. The Hall–Kier alpha value is -8.47. The van der Waals surface area contributed by atoms with Crippen molar-refractivity contribution in [1.29, 1.82) is 0 Å². The zero-order valence-corrected chi connectivity index (χ0v) is 47.7. The summed E-state index contributed by atoms with van der Waals surface area (Å²) in [7, 11) is 4.20. The summed E-state index contributed by atoms with van der Waals surface area (Å²) in [6, 6.07) is 58.2. The van der Waals surface area contributed by atoms with E-state index in [1.165, 1.54) is 48.5 Å². The van der Waals surface area contributed by atoms with Gasteiger partial charge in [-0.25, -0.2) is 0 Å². The van der Waals surface area contributed by atoms with E-state index in [2.05, 4.69) is 38.4 Å². The van der Waals surface area contributed by atoms with Crippen molar-refractivity contribution < 1.29 is 81.1 Å². The van der Waals surface area contributed by atoms with Crippen LogP contribution in [-0.4, -0.2) is 18.6 Å². The number of hydrogen-bond donors (Lipinski definition) is 0. The molecule has 12 aromatic carbocycles. The van der Waals surface area contributed by atoms with Crippen LogP contribution in [0.15, 0.2) is 218 Å². The van der Waals surface area contributed by atoms with Crippen LogP contribution in [0.5, 0.6) is 0 Å². The summed E-state index contributed by atoms with van der Waals surface area (Å²) in [6.07, 6.45) is -18.5. The second-order valence-corrected chi connectivity index (χ2v) is 22.3. The molecule has 0 unspecified atom stereocenters. The highest BCUT2D eigenvalue weighted by Crippen LogP contribution is 2.55. The Balaban J connectivity index is 0.00000724. The van der Waals surface area contributed by atoms with E-state index in [1.807, 2.05) is 97.1 Å². The third kappa shape index (κ3) is 10.3. The van der Waals surface area contributed by atoms with Crippen LogP contribution in [0.2, 0.25) is 0 Å². The predicted molar refractivity (Wildman–Crippen MR) is 314 cm³/mol. The summed E-state index contributed by atoms with van der Waals surface area (Å²) >= 11 is 0. The lowest BCUT2D eigenvalue weighted by Crippen LogP contribution is -3.00. The largest absolute Gasteiger partial charge is 1.00 e. The molecule has 13 rings (SSSR count). The summed E-state index contributed by atoms with van der Waals surface area (Å²) in [5, 5.41) is 6.20. The minimum absolute atomic E-state index is 0. The van der Waals surface area contributed by atoms with Crippen molar-refractivity contribution in [3.8, 4) is 77.9 Å². The standard InChI is InChI=1S/C72H46F12N.HI/c1-85(2)39-63-61(65-55-17-9-7-15-53(55)57(41-19-27-47(28-20-41)69(73,74)75)37-59(65)43-23-31-49(32-24-43)71(79,80)81)35-45-11-3-5-13-51(45)67(63)68-52-14-6-4-12-46(52)36-62(64(68)40-85)66-56-18-10-8-16-54(56)58(42-21-29-48(30-22-42)70(76,77)78)38-60(66)44-25-33-50(34-26-44)72(82,83)84;/h3-38H,39-40H2,1-2H3;1H/q+1;/p-1. The van der Waals surface area contributed by atoms with Crippen LogP contribution in [0, 0.1) is 0 Å². The summed E-state index contributed by atoms with van der Waals surface area (Å²) < 4.78 is 170. The van der Waals surface area contributed by atoms with Crippen LogP contribution in [0.25, 0.3) is 121 Å². The van der Waals surface area contributed by atoms with Crippen LogP contribution in [0.3, 0.4) is 0 Å². The molecule has 1 aliphatic rings. The molecular formula is C72H46F12IN. The summed E-state index contributed by atoms with van der Waals surface area (Å²) in [5.74, 6) is 0. The van der Waals surface area contributed by atoms with Crippen LogP contribution >= 0.6 is 0 Å². The Morgan fingerprint density at radius 2 is 0.523 bits per heavy atom. The topological polar surface area (TPSA) is 0 Å². The first-order valence-corrected chi connectivity index (χ1v) is 27.2. The van der Waals surface area contributed by atoms with Gasteiger partial charge in [-0.2, -0.15) is 52.7 Å². The highest BCUT2D eigenvalue weighted by molar-refractivity contribution is 6.18. The molecule has 1 aliphatic heterocycles. The van der Waals surface area contributed by atoms with Crippen LogP contribution in [-0.2, 0) is 37.8 Å². The molecule has 0 spiro atoms. The van der Waals surface area contributed by atoms with Crippen molar-refractivity contribution in [3.63, 3.8) is 0 Å². The van der Waals surface area contributed by atoms with Gasteiger partial charge in [-0.15, -0.1) is 0 Å². The molecule has 0 fully saturated rings. The van der Waals surface area contributed by atoms with Crippen LogP contribution < -0.4 is 24.0 Å². The Labute approximate surface area is 503 Å². The van der Waals surface area contributed by atoms with E-state index in [-0.39, 0.29) is 24.0 Å². The van der Waals surface area contributed by atoms with E-state index < -0.39 is 47.0 Å². The van der Waals surface area contributed by atoms with Crippen molar-refractivity contribution in [2.45, 2.75) is 37.8 Å². The normalized spacial score (nSPS) is 13.6. The Bertz CT molecular complexity index is 4340. The molecule has 12 aromatic rings. The fraction of sp³-hybridized carbons (Fsp3) is 0.111. The molecule has 1 heterocycles. The van der Waals surface area contributed by atoms with Crippen molar-refractivity contribution >= 4 is 43.1 Å². The summed E-state index contributed by atoms with van der Waals surface area (Å²) in [6.45, 7) is 0.775. The summed E-state index contributed by atoms with van der Waals surface area (Å²) in [5.41, 5.74) is 7.05. The van der Waals surface area contributed by atoms with Gasteiger partial charge in [0, 0.05) is 22.3 Å². The highest BCUT2D eigenvalue weighted by Gasteiger charge is 2.38. The SMILES string of the molecule is C[N+]1(C)Cc2c(-c3c(-c4ccc(C(F)(F)F)cc4)cc(-c4ccc(C(F)(F)F)cc4)c4ccccc34)cc3ccccc3c2-c2c(c(-c3c(-c4ccc(C(F)(F)F)cc4)cc(-c4ccc(C(F)(F)F)cc4)c4ccccc34)cc3ccccc23)C1.[I-]. The maximum atomic E-state index is 14.3. The van der Waals surface area contributed by atoms with Gasteiger partial charge >= 0.3 is 24.7 Å². The predicted octanol–water partition coefficient (Wildman–Crippen LogP) is 19.1. The first-order valence-electron chi connectivity index (χ1n) is 27.2. The van der Waals surface area contributed by atoms with E-state index in [9.17, 15) is 52.7 Å². The van der Waals surface area contributed by atoms with Crippen LogP contribution in [0.4, 0.5) is 52.7 Å². The number of halogens is 13. The molecule has 0 bridgehead atoms. The van der Waals surface area contributed by atoms with Crippen LogP contribution in [0.1, 0.15) is 33.4 Å². The maximum Gasteiger partial charge on any atom is 0.416 e. The second-order valence-electron chi connectivity index (χ2n) is 22.3. The average Bonchev–Trinajstić information content (AvgIpc) is 1.25. The molecule has 0 aliphatic carbocycles. The first kappa shape index (κ1) is 57.9. The van der Waals surface area contributed by atoms with Crippen molar-refractivity contribution in [1.82, 2.24) is 0 Å². The number of quaternary nitrogens is 1. The smallest absolute Gasteiger partial charge is 0.416 e. The molecule has 14 heteroatoms. The molecule has 1 nitrogen and oxygen atoms in total. The first-order chi connectivity index (χ1) is 40.4. The van der Waals surface area contributed by atoms with E-state index in [0.717, 1.165) is 103 Å².